The maximum absolute atomic E-state index is 12.2. The number of halogens is 3. The van der Waals surface area contributed by atoms with Crippen molar-refractivity contribution in [3.63, 3.8) is 0 Å². The summed E-state index contributed by atoms with van der Waals surface area (Å²) in [6.45, 7) is -0.136. The van der Waals surface area contributed by atoms with Crippen molar-refractivity contribution in [2.45, 2.75) is 12.8 Å². The topological polar surface area (TPSA) is 55.5 Å². The lowest BCUT2D eigenvalue weighted by molar-refractivity contribution is -0.138. The van der Waals surface area contributed by atoms with Crippen LogP contribution in [0.3, 0.4) is 0 Å². The number of phenolic OH excluding ortho intramolecular Hbond substituents is 1. The van der Waals surface area contributed by atoms with Crippen LogP contribution in [0.2, 0.25) is 0 Å². The van der Waals surface area contributed by atoms with E-state index in [9.17, 15) is 13.2 Å². The van der Waals surface area contributed by atoms with Crippen molar-refractivity contribution >= 4 is 0 Å². The van der Waals surface area contributed by atoms with E-state index in [4.69, 9.17) is 11.0 Å². The van der Waals surface area contributed by atoms with Crippen LogP contribution in [0.15, 0.2) is 18.2 Å². The number of rotatable bonds is 2. The summed E-state index contributed by atoms with van der Waals surface area (Å²) >= 11 is 0. The van der Waals surface area contributed by atoms with Gasteiger partial charge in [-0.2, -0.15) is 13.2 Å². The van der Waals surface area contributed by atoms with Gasteiger partial charge in [0.25, 0.3) is 0 Å². The van der Waals surface area contributed by atoms with Gasteiger partial charge >= 0.3 is 6.18 Å². The maximum atomic E-state index is 12.2. The van der Waals surface area contributed by atoms with E-state index in [-0.39, 0.29) is 12.2 Å². The molecule has 0 amide bonds. The fraction of sp³-hybridized carbons (Fsp3) is 0.250. The molecule has 1 aromatic carbocycles. The molecule has 0 aliphatic heterocycles. The Balaban J connectivity index is 3.09. The summed E-state index contributed by atoms with van der Waals surface area (Å²) in [5, 5.41) is 8.95. The molecule has 0 aromatic heterocycles. The van der Waals surface area contributed by atoms with E-state index in [2.05, 4.69) is 4.84 Å². The monoisotopic (exact) mass is 207 g/mol. The molecule has 78 valence electrons. The Morgan fingerprint density at radius 1 is 1.36 bits per heavy atom. The summed E-state index contributed by atoms with van der Waals surface area (Å²) in [6.07, 6.45) is -4.57. The average Bonchev–Trinajstić information content (AvgIpc) is 2.07. The van der Waals surface area contributed by atoms with Gasteiger partial charge in [-0.3, -0.25) is 4.84 Å². The number of benzene rings is 1. The molecule has 3 N–H and O–H groups in total. The molecule has 0 aliphatic carbocycles. The van der Waals surface area contributed by atoms with E-state index >= 15 is 0 Å². The quantitative estimate of drug-likeness (QED) is 0.727. The summed E-state index contributed by atoms with van der Waals surface area (Å²) in [6, 6.07) is 3.05. The molecule has 0 bridgehead atoms. The van der Waals surface area contributed by atoms with E-state index in [1.54, 1.807) is 0 Å². The SMILES string of the molecule is NOCc1ccc(O)c(C(F)(F)F)c1. The van der Waals surface area contributed by atoms with Gasteiger partial charge in [0.15, 0.2) is 0 Å². The van der Waals surface area contributed by atoms with Crippen molar-refractivity contribution in [2.24, 2.45) is 5.90 Å². The zero-order chi connectivity index (χ0) is 10.8. The number of alkyl halides is 3. The lowest BCUT2D eigenvalue weighted by atomic mass is 10.1. The smallest absolute Gasteiger partial charge is 0.419 e. The molecule has 6 heteroatoms. The average molecular weight is 207 g/mol. The third-order valence-electron chi connectivity index (χ3n) is 1.62. The summed E-state index contributed by atoms with van der Waals surface area (Å²) in [7, 11) is 0. The first-order valence-corrected chi connectivity index (χ1v) is 3.66. The van der Waals surface area contributed by atoms with Gasteiger partial charge in [0.1, 0.15) is 5.75 Å². The van der Waals surface area contributed by atoms with E-state index in [0.717, 1.165) is 12.1 Å². The lowest BCUT2D eigenvalue weighted by Crippen LogP contribution is -2.07. The lowest BCUT2D eigenvalue weighted by Gasteiger charge is -2.10. The predicted octanol–water partition coefficient (Wildman–Crippen LogP) is 1.80. The molecule has 0 aliphatic rings. The van der Waals surface area contributed by atoms with Gasteiger partial charge in [-0.05, 0) is 17.7 Å². The highest BCUT2D eigenvalue weighted by atomic mass is 19.4. The molecular weight excluding hydrogens is 199 g/mol. The summed E-state index contributed by atoms with van der Waals surface area (Å²) in [5.41, 5.74) is -0.843. The molecule has 0 saturated carbocycles. The molecule has 0 unspecified atom stereocenters. The van der Waals surface area contributed by atoms with E-state index in [1.165, 1.54) is 6.07 Å². The zero-order valence-electron chi connectivity index (χ0n) is 7.01. The highest BCUT2D eigenvalue weighted by Gasteiger charge is 2.33. The molecular formula is C8H8F3NO2. The van der Waals surface area contributed by atoms with E-state index < -0.39 is 17.5 Å². The van der Waals surface area contributed by atoms with Gasteiger partial charge in [0.05, 0.1) is 12.2 Å². The van der Waals surface area contributed by atoms with Crippen molar-refractivity contribution in [2.75, 3.05) is 0 Å². The first kappa shape index (κ1) is 10.8. The highest BCUT2D eigenvalue weighted by molar-refractivity contribution is 5.37. The van der Waals surface area contributed by atoms with Crippen molar-refractivity contribution in [1.29, 1.82) is 0 Å². The molecule has 0 fully saturated rings. The highest BCUT2D eigenvalue weighted by Crippen LogP contribution is 2.36. The van der Waals surface area contributed by atoms with Crippen LogP contribution in [0.4, 0.5) is 13.2 Å². The summed E-state index contributed by atoms with van der Waals surface area (Å²) in [5.74, 6) is 3.91. The second kappa shape index (κ2) is 3.85. The van der Waals surface area contributed by atoms with Gasteiger partial charge in [-0.25, -0.2) is 5.90 Å². The van der Waals surface area contributed by atoms with Crippen molar-refractivity contribution in [3.8, 4) is 5.75 Å². The van der Waals surface area contributed by atoms with Crippen LogP contribution in [0.25, 0.3) is 0 Å². The fourth-order valence-electron chi connectivity index (χ4n) is 0.996. The Hall–Kier alpha value is -1.27. The Kier molecular flexibility index (Phi) is 2.97. The standard InChI is InChI=1S/C8H8F3NO2/c9-8(10,11)6-3-5(4-14-12)1-2-7(6)13/h1-3,13H,4,12H2. The normalized spacial score (nSPS) is 11.7. The van der Waals surface area contributed by atoms with Crippen LogP contribution in [0, 0.1) is 0 Å². The van der Waals surface area contributed by atoms with Gasteiger partial charge in [-0.15, -0.1) is 0 Å². The molecule has 3 nitrogen and oxygen atoms in total. The molecule has 1 aromatic rings. The number of phenols is 1. The van der Waals surface area contributed by atoms with Crippen LogP contribution in [-0.4, -0.2) is 5.11 Å². The van der Waals surface area contributed by atoms with Crippen LogP contribution in [-0.2, 0) is 17.6 Å². The van der Waals surface area contributed by atoms with E-state index in [0.29, 0.717) is 0 Å². The minimum Gasteiger partial charge on any atom is -0.507 e. The van der Waals surface area contributed by atoms with Crippen molar-refractivity contribution in [3.05, 3.63) is 29.3 Å². The summed E-state index contributed by atoms with van der Waals surface area (Å²) in [4.78, 5) is 4.19. The molecule has 0 atom stereocenters. The second-order valence-corrected chi connectivity index (χ2v) is 2.66. The van der Waals surface area contributed by atoms with Gasteiger partial charge in [0.2, 0.25) is 0 Å². The number of hydrogen-bond acceptors (Lipinski definition) is 3. The van der Waals surface area contributed by atoms with Crippen LogP contribution < -0.4 is 5.90 Å². The number of aromatic hydroxyl groups is 1. The molecule has 0 spiro atoms. The van der Waals surface area contributed by atoms with Gasteiger partial charge < -0.3 is 5.11 Å². The van der Waals surface area contributed by atoms with Crippen LogP contribution in [0.5, 0.6) is 5.75 Å². The second-order valence-electron chi connectivity index (χ2n) is 2.66. The van der Waals surface area contributed by atoms with Gasteiger partial charge in [0, 0.05) is 0 Å². The summed E-state index contributed by atoms with van der Waals surface area (Å²) < 4.78 is 36.7. The maximum Gasteiger partial charge on any atom is 0.419 e. The molecule has 14 heavy (non-hydrogen) atoms. The Morgan fingerprint density at radius 3 is 2.50 bits per heavy atom. The Bertz CT molecular complexity index is 325. The largest absolute Gasteiger partial charge is 0.507 e. The first-order valence-electron chi connectivity index (χ1n) is 3.66. The minimum absolute atomic E-state index is 0.136. The molecule has 1 rings (SSSR count). The minimum atomic E-state index is -4.57. The Morgan fingerprint density at radius 2 is 2.00 bits per heavy atom. The third-order valence-corrected chi connectivity index (χ3v) is 1.62. The van der Waals surface area contributed by atoms with Crippen molar-refractivity contribution < 1.29 is 23.1 Å². The number of nitrogens with two attached hydrogens (primary N) is 1. The molecule has 0 radical (unpaired) electrons. The van der Waals surface area contributed by atoms with Crippen LogP contribution in [0.1, 0.15) is 11.1 Å². The first-order chi connectivity index (χ1) is 6.45. The third kappa shape index (κ3) is 2.36. The number of hydrogen-bond donors (Lipinski definition) is 2. The predicted molar refractivity (Wildman–Crippen MR) is 42.1 cm³/mol. The fourth-order valence-corrected chi connectivity index (χ4v) is 0.996. The van der Waals surface area contributed by atoms with Crippen molar-refractivity contribution in [1.82, 2.24) is 0 Å². The Labute approximate surface area is 77.9 Å². The van der Waals surface area contributed by atoms with Crippen LogP contribution >= 0.6 is 0 Å². The molecule has 0 heterocycles. The molecule has 0 saturated heterocycles. The van der Waals surface area contributed by atoms with Gasteiger partial charge in [-0.1, -0.05) is 6.07 Å². The zero-order valence-corrected chi connectivity index (χ0v) is 7.01. The van der Waals surface area contributed by atoms with E-state index in [1.807, 2.05) is 0 Å².